The van der Waals surface area contributed by atoms with E-state index in [0.29, 0.717) is 19.4 Å². The molecule has 1 fully saturated rings. The van der Waals surface area contributed by atoms with Gasteiger partial charge in [-0.15, -0.1) is 0 Å². The quantitative estimate of drug-likeness (QED) is 0.726. The predicted octanol–water partition coefficient (Wildman–Crippen LogP) is 1.57. The highest BCUT2D eigenvalue weighted by atomic mass is 19.4. The lowest BCUT2D eigenvalue weighted by molar-refractivity contribution is -0.165. The molecule has 7 heteroatoms. The molecule has 1 aliphatic rings. The highest BCUT2D eigenvalue weighted by Gasteiger charge is 2.41. The molecule has 1 rings (SSSR count). The first-order chi connectivity index (χ1) is 8.38. The van der Waals surface area contributed by atoms with Crippen LogP contribution in [0.5, 0.6) is 0 Å². The fourth-order valence-electron chi connectivity index (χ4n) is 2.06. The molecular formula is C11H15F3N2O2. The highest BCUT2D eigenvalue weighted by molar-refractivity contribution is 5.72. The predicted molar refractivity (Wildman–Crippen MR) is 56.3 cm³/mol. The second-order valence-corrected chi connectivity index (χ2v) is 4.35. The number of carbonyl (C=O) groups is 1. The Morgan fingerprint density at radius 2 is 2.28 bits per heavy atom. The minimum Gasteiger partial charge on any atom is -0.469 e. The second kappa shape index (κ2) is 6.05. The molecule has 0 radical (unpaired) electrons. The van der Waals surface area contributed by atoms with Gasteiger partial charge in [0.1, 0.15) is 0 Å². The summed E-state index contributed by atoms with van der Waals surface area (Å²) in [5.41, 5.74) is 0. The van der Waals surface area contributed by atoms with E-state index in [2.05, 4.69) is 4.74 Å². The zero-order chi connectivity index (χ0) is 13.8. The number of nitrogens with zero attached hydrogens (tertiary/aromatic N) is 2. The largest absolute Gasteiger partial charge is 0.469 e. The van der Waals surface area contributed by atoms with Crippen molar-refractivity contribution in [2.45, 2.75) is 19.0 Å². The molecule has 2 unspecified atom stereocenters. The van der Waals surface area contributed by atoms with Gasteiger partial charge in [0, 0.05) is 13.1 Å². The van der Waals surface area contributed by atoms with E-state index < -0.39 is 24.0 Å². The molecule has 0 aromatic heterocycles. The van der Waals surface area contributed by atoms with Gasteiger partial charge < -0.3 is 9.64 Å². The zero-order valence-electron chi connectivity index (χ0n) is 10.0. The molecule has 1 aliphatic heterocycles. The lowest BCUT2D eigenvalue weighted by Gasteiger charge is -2.32. The van der Waals surface area contributed by atoms with E-state index in [1.54, 1.807) is 0 Å². The summed E-state index contributed by atoms with van der Waals surface area (Å²) in [5.74, 6) is -2.80. The van der Waals surface area contributed by atoms with Crippen molar-refractivity contribution < 1.29 is 22.7 Å². The van der Waals surface area contributed by atoms with Crippen LogP contribution in [0.2, 0.25) is 0 Å². The Labute approximate surface area is 103 Å². The van der Waals surface area contributed by atoms with Crippen molar-refractivity contribution >= 4 is 5.97 Å². The molecular weight excluding hydrogens is 249 g/mol. The van der Waals surface area contributed by atoms with Crippen LogP contribution in [-0.2, 0) is 9.53 Å². The molecule has 0 N–H and O–H groups in total. The number of hydrogen-bond donors (Lipinski definition) is 0. The number of alkyl halides is 3. The van der Waals surface area contributed by atoms with Gasteiger partial charge in [0.2, 0.25) is 0 Å². The number of rotatable bonds is 3. The van der Waals surface area contributed by atoms with E-state index in [-0.39, 0.29) is 13.1 Å². The normalized spacial score (nSPS) is 23.2. The Kier molecular flexibility index (Phi) is 4.96. The summed E-state index contributed by atoms with van der Waals surface area (Å²) < 4.78 is 42.0. The minimum absolute atomic E-state index is 0.223. The van der Waals surface area contributed by atoms with Gasteiger partial charge in [0.05, 0.1) is 19.1 Å². The van der Waals surface area contributed by atoms with Crippen LogP contribution in [0, 0.1) is 23.2 Å². The van der Waals surface area contributed by atoms with E-state index in [1.807, 2.05) is 0 Å². The molecule has 1 heterocycles. The Morgan fingerprint density at radius 1 is 1.61 bits per heavy atom. The molecule has 0 saturated carbocycles. The Morgan fingerprint density at radius 3 is 2.78 bits per heavy atom. The number of likely N-dealkylation sites (tertiary alicyclic amines) is 1. The summed E-state index contributed by atoms with van der Waals surface area (Å²) >= 11 is 0. The van der Waals surface area contributed by atoms with Crippen LogP contribution < -0.4 is 0 Å². The second-order valence-electron chi connectivity index (χ2n) is 4.35. The third kappa shape index (κ3) is 3.88. The fraction of sp³-hybridized carbons (Fsp3) is 0.818. The van der Waals surface area contributed by atoms with Gasteiger partial charge in [-0.1, -0.05) is 0 Å². The Bertz CT molecular complexity index is 338. The SMILES string of the molecule is COC(=O)C1CCCN(CC(C#N)C(F)(F)F)C1. The summed E-state index contributed by atoms with van der Waals surface area (Å²) in [6.07, 6.45) is -3.27. The summed E-state index contributed by atoms with van der Waals surface area (Å²) in [5, 5.41) is 8.53. The molecule has 0 bridgehead atoms. The number of hydrogen-bond acceptors (Lipinski definition) is 4. The number of esters is 1. The number of ether oxygens (including phenoxy) is 1. The van der Waals surface area contributed by atoms with Gasteiger partial charge in [0.25, 0.3) is 0 Å². The van der Waals surface area contributed by atoms with E-state index in [4.69, 9.17) is 5.26 Å². The minimum atomic E-state index is -4.52. The van der Waals surface area contributed by atoms with Gasteiger partial charge in [-0.05, 0) is 19.4 Å². The molecule has 0 aromatic rings. The van der Waals surface area contributed by atoms with Crippen molar-refractivity contribution in [2.24, 2.45) is 11.8 Å². The van der Waals surface area contributed by atoms with Gasteiger partial charge >= 0.3 is 12.1 Å². The first kappa shape index (κ1) is 14.8. The zero-order valence-corrected chi connectivity index (χ0v) is 10.0. The first-order valence-electron chi connectivity index (χ1n) is 5.65. The number of nitriles is 1. The monoisotopic (exact) mass is 264 g/mol. The summed E-state index contributed by atoms with van der Waals surface area (Å²) in [6.45, 7) is 0.316. The molecule has 102 valence electrons. The number of piperidine rings is 1. The van der Waals surface area contributed by atoms with Crippen LogP contribution in [-0.4, -0.2) is 43.8 Å². The van der Waals surface area contributed by atoms with Gasteiger partial charge in [-0.25, -0.2) is 0 Å². The van der Waals surface area contributed by atoms with Crippen LogP contribution in [0.3, 0.4) is 0 Å². The van der Waals surface area contributed by atoms with Crippen molar-refractivity contribution in [3.05, 3.63) is 0 Å². The highest BCUT2D eigenvalue weighted by Crippen LogP contribution is 2.28. The molecule has 4 nitrogen and oxygen atoms in total. The van der Waals surface area contributed by atoms with Crippen LogP contribution >= 0.6 is 0 Å². The number of halogens is 3. The van der Waals surface area contributed by atoms with Crippen molar-refractivity contribution in [3.8, 4) is 6.07 Å². The van der Waals surface area contributed by atoms with E-state index in [9.17, 15) is 18.0 Å². The van der Waals surface area contributed by atoms with E-state index in [1.165, 1.54) is 18.1 Å². The lowest BCUT2D eigenvalue weighted by Crippen LogP contribution is -2.43. The van der Waals surface area contributed by atoms with Crippen LogP contribution in [0.25, 0.3) is 0 Å². The number of methoxy groups -OCH3 is 1. The average molecular weight is 264 g/mol. The Hall–Kier alpha value is -1.29. The maximum Gasteiger partial charge on any atom is 0.405 e. The first-order valence-corrected chi connectivity index (χ1v) is 5.65. The van der Waals surface area contributed by atoms with Crippen LogP contribution in [0.4, 0.5) is 13.2 Å². The number of carbonyl (C=O) groups excluding carboxylic acids is 1. The van der Waals surface area contributed by atoms with Gasteiger partial charge in [0.15, 0.2) is 5.92 Å². The molecule has 18 heavy (non-hydrogen) atoms. The molecule has 0 aromatic carbocycles. The third-order valence-electron chi connectivity index (χ3n) is 3.03. The summed E-state index contributed by atoms with van der Waals surface area (Å²) in [4.78, 5) is 12.8. The van der Waals surface area contributed by atoms with Crippen molar-refractivity contribution in [2.75, 3.05) is 26.7 Å². The molecule has 1 saturated heterocycles. The van der Waals surface area contributed by atoms with Crippen LogP contribution in [0.1, 0.15) is 12.8 Å². The standard InChI is InChI=1S/C11H15F3N2O2/c1-18-10(17)8-3-2-4-16(6-8)7-9(5-15)11(12,13)14/h8-9H,2-4,6-7H2,1H3. The molecule has 0 aliphatic carbocycles. The van der Waals surface area contributed by atoms with Gasteiger partial charge in [-0.3, -0.25) is 4.79 Å². The summed E-state index contributed by atoms with van der Waals surface area (Å²) in [6, 6.07) is 1.26. The molecule has 0 amide bonds. The fourth-order valence-corrected chi connectivity index (χ4v) is 2.06. The van der Waals surface area contributed by atoms with E-state index >= 15 is 0 Å². The van der Waals surface area contributed by atoms with Crippen molar-refractivity contribution in [1.29, 1.82) is 5.26 Å². The molecule has 2 atom stereocenters. The Balaban J connectivity index is 2.57. The van der Waals surface area contributed by atoms with Crippen molar-refractivity contribution in [1.82, 2.24) is 4.90 Å². The topological polar surface area (TPSA) is 53.3 Å². The maximum absolute atomic E-state index is 12.5. The average Bonchev–Trinajstić information content (AvgIpc) is 2.33. The van der Waals surface area contributed by atoms with Crippen LogP contribution in [0.15, 0.2) is 0 Å². The van der Waals surface area contributed by atoms with Gasteiger partial charge in [-0.2, -0.15) is 18.4 Å². The van der Waals surface area contributed by atoms with Crippen molar-refractivity contribution in [3.63, 3.8) is 0 Å². The smallest absolute Gasteiger partial charge is 0.405 e. The lowest BCUT2D eigenvalue weighted by atomic mass is 9.97. The summed E-state index contributed by atoms with van der Waals surface area (Å²) in [7, 11) is 1.26. The molecule has 0 spiro atoms. The maximum atomic E-state index is 12.5. The van der Waals surface area contributed by atoms with E-state index in [0.717, 1.165) is 0 Å². The third-order valence-corrected chi connectivity index (χ3v) is 3.03.